The Kier molecular flexibility index (Phi) is 15.0. The van der Waals surface area contributed by atoms with Gasteiger partial charge in [-0.3, -0.25) is 6.08 Å². The second-order valence-corrected chi connectivity index (χ2v) is 22.7. The molecular weight excluding hydrogens is 941 g/mol. The van der Waals surface area contributed by atoms with Crippen molar-refractivity contribution >= 4 is 94.4 Å². The summed E-state index contributed by atoms with van der Waals surface area (Å²) in [4.78, 5) is 0. The van der Waals surface area contributed by atoms with Gasteiger partial charge in [0, 0.05) is 0 Å². The van der Waals surface area contributed by atoms with Crippen LogP contribution in [0.25, 0.3) is 43.8 Å². The maximum Gasteiger partial charge on any atom is -0.109 e. The summed E-state index contributed by atoms with van der Waals surface area (Å²) in [5.74, 6) is 0. The molecule has 0 saturated carbocycles. The summed E-state index contributed by atoms with van der Waals surface area (Å²) in [6.45, 7) is 14.0. The maximum atomic E-state index is 5.94. The minimum Gasteiger partial charge on any atom is -0.273 e. The van der Waals surface area contributed by atoms with Gasteiger partial charge in [-0.15, -0.1) is 46.2 Å². The van der Waals surface area contributed by atoms with E-state index in [2.05, 4.69) is 145 Å². The van der Waals surface area contributed by atoms with Crippen molar-refractivity contribution in [2.24, 2.45) is 0 Å². The van der Waals surface area contributed by atoms with Crippen molar-refractivity contribution in [3.05, 3.63) is 197 Å². The third kappa shape index (κ3) is 11.6. The average Bonchev–Trinajstić information content (AvgIpc) is 3.92. The summed E-state index contributed by atoms with van der Waals surface area (Å²) in [6, 6.07) is 48.6. The molecule has 1 aliphatic carbocycles. The van der Waals surface area contributed by atoms with E-state index in [9.17, 15) is 0 Å². The van der Waals surface area contributed by atoms with Gasteiger partial charge in [0.15, 0.2) is 0 Å². The molecule has 0 N–H and O–H groups in total. The topological polar surface area (TPSA) is 0 Å². The zero-order valence-corrected chi connectivity index (χ0v) is 41.5. The number of hydrogen-bond donors (Lipinski definition) is 0. The fourth-order valence-corrected chi connectivity index (χ4v) is 8.74. The first-order valence-corrected chi connectivity index (χ1v) is 23.2. The predicted octanol–water partition coefficient (Wildman–Crippen LogP) is 17.4. The fraction of sp³-hybridized carbons (Fsp3) is 0.208. The standard InChI is InChI=1S/C33H33.C15H8Cl6.C5H5.Zr/c1-32(2,3)29-21-28-25(19-27(29)23-15-11-8-12-16-23)18-26-17-24(22-13-9-7-10-14-22)20-30(31(26)28)33(4,5)6;16-14(17,18)12-5-1-3-10(8-12)7-11-4-2-6-13(9-11)15(19,20)21;1-2-4-5-3-1;/h7-21H,1-6H3;1-6,8-9H;1-3H,4H2;/q-1;;-1;+2. The number of hydrogen-bond acceptors (Lipinski definition) is 0. The number of allylic oxidation sites excluding steroid dienone is 4. The van der Waals surface area contributed by atoms with E-state index in [1.54, 1.807) is 12.1 Å². The Balaban J connectivity index is 0.000000192. The molecule has 0 amide bonds. The third-order valence-electron chi connectivity index (χ3n) is 10.3. The summed E-state index contributed by atoms with van der Waals surface area (Å²) in [5.41, 5.74) is 11.3. The molecule has 0 fully saturated rings. The summed E-state index contributed by atoms with van der Waals surface area (Å²) in [6.07, 6.45) is 10.0. The van der Waals surface area contributed by atoms with Gasteiger partial charge in [-0.05, 0) is 33.1 Å². The Morgan fingerprint density at radius 3 is 1.53 bits per heavy atom. The number of halogens is 6. The molecule has 7 aromatic rings. The largest absolute Gasteiger partial charge is 0.273 e. The summed E-state index contributed by atoms with van der Waals surface area (Å²) in [7, 11) is 0. The Morgan fingerprint density at radius 2 is 1.08 bits per heavy atom. The fourth-order valence-electron chi connectivity index (χ4n) is 7.27. The Labute approximate surface area is 400 Å². The van der Waals surface area contributed by atoms with Crippen LogP contribution in [0, 0.1) is 6.08 Å². The molecule has 0 spiro atoms. The van der Waals surface area contributed by atoms with Gasteiger partial charge in [0.05, 0.1) is 0 Å². The molecule has 1 aliphatic rings. The zero-order valence-electron chi connectivity index (χ0n) is 34.5. The number of fused-ring (bicyclic) bond motifs is 3. The van der Waals surface area contributed by atoms with Crippen molar-refractivity contribution in [3.8, 4) is 22.3 Å². The molecule has 8 rings (SSSR count). The number of rotatable bonds is 4. The first-order chi connectivity index (χ1) is 28.2. The van der Waals surface area contributed by atoms with E-state index in [0.717, 1.165) is 20.8 Å². The van der Waals surface area contributed by atoms with E-state index in [4.69, 9.17) is 69.6 Å². The molecule has 0 heterocycles. The number of benzene rings is 6. The van der Waals surface area contributed by atoms with Crippen molar-refractivity contribution in [3.63, 3.8) is 0 Å². The van der Waals surface area contributed by atoms with Crippen LogP contribution in [-0.4, -0.2) is 3.21 Å². The van der Waals surface area contributed by atoms with E-state index in [-0.39, 0.29) is 10.8 Å². The maximum absolute atomic E-state index is 5.94. The Hall–Kier alpha value is -2.84. The number of alkyl halides is 6. The predicted molar refractivity (Wildman–Crippen MR) is 261 cm³/mol. The minimum absolute atomic E-state index is 0.0460. The van der Waals surface area contributed by atoms with Crippen LogP contribution in [0.1, 0.15) is 81.3 Å². The average molecular weight is 987 g/mol. The second kappa shape index (κ2) is 19.3. The van der Waals surface area contributed by atoms with Gasteiger partial charge < -0.3 is 0 Å². The van der Waals surface area contributed by atoms with Gasteiger partial charge in [-0.2, -0.15) is 6.08 Å². The van der Waals surface area contributed by atoms with Crippen LogP contribution in [-0.2, 0) is 42.7 Å². The van der Waals surface area contributed by atoms with Crippen molar-refractivity contribution in [2.45, 2.75) is 66.4 Å². The van der Waals surface area contributed by atoms with Crippen molar-refractivity contribution in [2.75, 3.05) is 0 Å². The van der Waals surface area contributed by atoms with Gasteiger partial charge in [0.1, 0.15) is 0 Å². The van der Waals surface area contributed by atoms with Crippen LogP contribution < -0.4 is 0 Å². The van der Waals surface area contributed by atoms with Crippen LogP contribution >= 0.6 is 69.6 Å². The Morgan fingerprint density at radius 1 is 0.550 bits per heavy atom. The van der Waals surface area contributed by atoms with E-state index in [0.29, 0.717) is 11.1 Å². The van der Waals surface area contributed by atoms with Gasteiger partial charge in [-0.25, -0.2) is 12.2 Å². The van der Waals surface area contributed by atoms with Crippen molar-refractivity contribution < 1.29 is 24.2 Å². The van der Waals surface area contributed by atoms with Crippen LogP contribution in [0.5, 0.6) is 0 Å². The van der Waals surface area contributed by atoms with E-state index in [1.807, 2.05) is 48.6 Å². The molecule has 0 aromatic heterocycles. The van der Waals surface area contributed by atoms with Gasteiger partial charge in [-0.1, -0.05) is 125 Å². The van der Waals surface area contributed by atoms with Gasteiger partial charge in [0.2, 0.25) is 0 Å². The first-order valence-electron chi connectivity index (χ1n) is 19.7. The van der Waals surface area contributed by atoms with E-state index >= 15 is 0 Å². The molecule has 0 saturated heterocycles. The monoisotopic (exact) mass is 982 g/mol. The van der Waals surface area contributed by atoms with Crippen LogP contribution in [0.3, 0.4) is 0 Å². The molecule has 0 bridgehead atoms. The van der Waals surface area contributed by atoms with Crippen molar-refractivity contribution in [1.82, 2.24) is 0 Å². The molecular formula is C53H46Cl6Zr. The molecule has 0 nitrogen and oxygen atoms in total. The third-order valence-corrected chi connectivity index (χ3v) is 13.0. The van der Waals surface area contributed by atoms with Crippen LogP contribution in [0.15, 0.2) is 158 Å². The molecule has 304 valence electrons. The molecule has 7 heteroatoms. The van der Waals surface area contributed by atoms with Crippen molar-refractivity contribution in [1.29, 1.82) is 0 Å². The first kappa shape index (κ1) is 46.7. The summed E-state index contributed by atoms with van der Waals surface area (Å²) >= 11 is 36.9. The quantitative estimate of drug-likeness (QED) is 0.122. The minimum atomic E-state index is -1.45. The molecule has 0 unspecified atom stereocenters. The van der Waals surface area contributed by atoms with Crippen LogP contribution in [0.2, 0.25) is 0 Å². The normalized spacial score (nSPS) is 12.9. The van der Waals surface area contributed by atoms with Gasteiger partial charge in [0.25, 0.3) is 0 Å². The Bertz CT molecular complexity index is 2590. The molecule has 0 aliphatic heterocycles. The van der Waals surface area contributed by atoms with E-state index < -0.39 is 7.59 Å². The molecule has 0 atom stereocenters. The smallest absolute Gasteiger partial charge is 0.109 e. The molecule has 0 radical (unpaired) electrons. The van der Waals surface area contributed by atoms with Crippen LogP contribution in [0.4, 0.5) is 0 Å². The molecule has 7 aromatic carbocycles. The summed E-state index contributed by atoms with van der Waals surface area (Å²) < 4.78 is -1.82. The second-order valence-electron chi connectivity index (χ2n) is 16.9. The SMILES string of the molecule is CC(C)(C)c1cc2c(cc1-c1ccccc1)[cH-]c1cc(-c3ccccc3)cc(C(C)(C)C)c12.ClC(Cl)(Cl)c1cccc([C](=[Zr+2])c2cccc(C(Cl)(Cl)Cl)c2)c1.[C-]1=CC=CC1. The zero-order chi connectivity index (χ0) is 43.5. The van der Waals surface area contributed by atoms with E-state index in [1.165, 1.54) is 79.2 Å². The molecule has 60 heavy (non-hydrogen) atoms. The summed E-state index contributed by atoms with van der Waals surface area (Å²) in [5, 5.41) is 5.44. The van der Waals surface area contributed by atoms with Gasteiger partial charge >= 0.3 is 175 Å².